The summed E-state index contributed by atoms with van der Waals surface area (Å²) in [5, 5.41) is 0.759. The zero-order valence-electron chi connectivity index (χ0n) is 10.6. The molecule has 0 aliphatic heterocycles. The largest absolute Gasteiger partial charge is 0.490 e. The number of halogens is 3. The lowest BCUT2D eigenvalue weighted by Gasteiger charge is -2.12. The third-order valence-corrected chi connectivity index (χ3v) is 4.36. The van der Waals surface area contributed by atoms with Crippen LogP contribution in [0.25, 0.3) is 0 Å². The monoisotopic (exact) mass is 462 g/mol. The topological polar surface area (TPSA) is 18.5 Å². The van der Waals surface area contributed by atoms with Gasteiger partial charge in [-0.2, -0.15) is 0 Å². The summed E-state index contributed by atoms with van der Waals surface area (Å²) >= 11 is 10.4. The second-order valence-corrected chi connectivity index (χ2v) is 6.34. The van der Waals surface area contributed by atoms with Gasteiger partial charge in [-0.1, -0.05) is 44.0 Å². The first kappa shape index (κ1) is 15.9. The van der Waals surface area contributed by atoms with E-state index in [1.807, 2.05) is 42.5 Å². The molecule has 0 spiro atoms. The third kappa shape index (κ3) is 4.50. The van der Waals surface area contributed by atoms with Crippen molar-refractivity contribution in [2.75, 3.05) is 13.2 Å². The lowest BCUT2D eigenvalue weighted by molar-refractivity contribution is 0.215. The smallest absolute Gasteiger partial charge is 0.137 e. The van der Waals surface area contributed by atoms with Gasteiger partial charge in [0, 0.05) is 15.4 Å². The van der Waals surface area contributed by atoms with E-state index in [9.17, 15) is 0 Å². The second-order valence-electron chi connectivity index (χ2n) is 4.01. The Morgan fingerprint density at radius 3 is 2.25 bits per heavy atom. The predicted octanol–water partition coefficient (Wildman–Crippen LogP) is 5.56. The molecule has 20 heavy (non-hydrogen) atoms. The molecule has 5 heteroatoms. The molecule has 106 valence electrons. The number of hydrogen-bond acceptors (Lipinski definition) is 2. The fraction of sp³-hybridized carbons (Fsp3) is 0.200. The maximum absolute atomic E-state index is 5.79. The average molecular weight is 465 g/mol. The van der Waals surface area contributed by atoms with Gasteiger partial charge in [-0.15, -0.1) is 0 Å². The van der Waals surface area contributed by atoms with Crippen molar-refractivity contribution in [2.24, 2.45) is 0 Å². The molecule has 0 aromatic heterocycles. The lowest BCUT2D eigenvalue weighted by atomic mass is 10.2. The van der Waals surface area contributed by atoms with E-state index in [2.05, 4.69) is 47.8 Å². The highest BCUT2D eigenvalue weighted by atomic mass is 79.9. The van der Waals surface area contributed by atoms with Gasteiger partial charge in [-0.25, -0.2) is 0 Å². The maximum atomic E-state index is 5.79. The van der Waals surface area contributed by atoms with Crippen molar-refractivity contribution in [1.82, 2.24) is 0 Å². The minimum Gasteiger partial charge on any atom is -0.490 e. The van der Waals surface area contributed by atoms with Gasteiger partial charge in [0.1, 0.15) is 24.7 Å². The summed E-state index contributed by atoms with van der Waals surface area (Å²) < 4.78 is 13.4. The van der Waals surface area contributed by atoms with Gasteiger partial charge in [-0.3, -0.25) is 0 Å². The summed E-state index contributed by atoms with van der Waals surface area (Å²) in [6, 6.07) is 13.7. The highest BCUT2D eigenvalue weighted by Crippen LogP contribution is 2.30. The standard InChI is InChI=1S/C15H13Br3O2/c16-10-11-2-1-3-14(18)15(11)20-9-8-19-13-6-4-12(17)5-7-13/h1-7H,8-10H2. The van der Waals surface area contributed by atoms with E-state index in [0.717, 1.165) is 31.3 Å². The van der Waals surface area contributed by atoms with Crippen LogP contribution in [-0.2, 0) is 5.33 Å². The minimum atomic E-state index is 0.499. The summed E-state index contributed by atoms with van der Waals surface area (Å²) in [5.74, 6) is 1.70. The average Bonchev–Trinajstić information content (AvgIpc) is 2.46. The Kier molecular flexibility index (Phi) is 6.39. The Morgan fingerprint density at radius 1 is 0.850 bits per heavy atom. The molecule has 0 aliphatic rings. The first-order valence-electron chi connectivity index (χ1n) is 6.05. The van der Waals surface area contributed by atoms with Crippen LogP contribution >= 0.6 is 47.8 Å². The van der Waals surface area contributed by atoms with Crippen molar-refractivity contribution in [3.8, 4) is 11.5 Å². The fourth-order valence-electron chi connectivity index (χ4n) is 1.65. The molecule has 0 amide bonds. The van der Waals surface area contributed by atoms with Crippen LogP contribution in [0.3, 0.4) is 0 Å². The zero-order valence-corrected chi connectivity index (χ0v) is 15.4. The molecular weight excluding hydrogens is 452 g/mol. The molecule has 0 bridgehead atoms. The van der Waals surface area contributed by atoms with Gasteiger partial charge in [0.2, 0.25) is 0 Å². The number of ether oxygens (including phenoxy) is 2. The molecule has 0 atom stereocenters. The van der Waals surface area contributed by atoms with Gasteiger partial charge in [0.15, 0.2) is 0 Å². The number of alkyl halides is 1. The van der Waals surface area contributed by atoms with Gasteiger partial charge < -0.3 is 9.47 Å². The van der Waals surface area contributed by atoms with E-state index in [0.29, 0.717) is 13.2 Å². The van der Waals surface area contributed by atoms with E-state index < -0.39 is 0 Å². The van der Waals surface area contributed by atoms with Gasteiger partial charge in [0.05, 0.1) is 4.47 Å². The zero-order chi connectivity index (χ0) is 14.4. The molecule has 0 unspecified atom stereocenters. The Bertz CT molecular complexity index is 556. The van der Waals surface area contributed by atoms with Crippen molar-refractivity contribution >= 4 is 47.8 Å². The third-order valence-electron chi connectivity index (χ3n) is 2.60. The molecule has 0 aliphatic carbocycles. The van der Waals surface area contributed by atoms with Crippen LogP contribution < -0.4 is 9.47 Å². The van der Waals surface area contributed by atoms with Crippen molar-refractivity contribution in [3.05, 3.63) is 57.0 Å². The van der Waals surface area contributed by atoms with E-state index >= 15 is 0 Å². The van der Waals surface area contributed by atoms with Crippen molar-refractivity contribution in [1.29, 1.82) is 0 Å². The van der Waals surface area contributed by atoms with Crippen molar-refractivity contribution in [2.45, 2.75) is 5.33 Å². The Balaban J connectivity index is 1.86. The Hall–Kier alpha value is -0.520. The number of benzene rings is 2. The van der Waals surface area contributed by atoms with Crippen LogP contribution in [0.1, 0.15) is 5.56 Å². The molecule has 2 aromatic carbocycles. The highest BCUT2D eigenvalue weighted by molar-refractivity contribution is 9.11. The lowest BCUT2D eigenvalue weighted by Crippen LogP contribution is -2.10. The molecule has 0 fully saturated rings. The molecule has 0 N–H and O–H groups in total. The van der Waals surface area contributed by atoms with Gasteiger partial charge >= 0.3 is 0 Å². The van der Waals surface area contributed by atoms with E-state index in [1.54, 1.807) is 0 Å². The fourth-order valence-corrected chi connectivity index (χ4v) is 2.88. The molecule has 2 nitrogen and oxygen atoms in total. The highest BCUT2D eigenvalue weighted by Gasteiger charge is 2.06. The predicted molar refractivity (Wildman–Crippen MR) is 91.9 cm³/mol. The van der Waals surface area contributed by atoms with Crippen LogP contribution in [0.4, 0.5) is 0 Å². The molecule has 0 radical (unpaired) electrons. The van der Waals surface area contributed by atoms with Crippen molar-refractivity contribution in [3.63, 3.8) is 0 Å². The van der Waals surface area contributed by atoms with Crippen LogP contribution in [-0.4, -0.2) is 13.2 Å². The first-order chi connectivity index (χ1) is 9.70. The molecule has 2 aromatic rings. The van der Waals surface area contributed by atoms with Crippen LogP contribution in [0.5, 0.6) is 11.5 Å². The van der Waals surface area contributed by atoms with Gasteiger partial charge in [0.25, 0.3) is 0 Å². The molecule has 0 saturated heterocycles. The second kappa shape index (κ2) is 8.05. The molecule has 2 rings (SSSR count). The number of para-hydroxylation sites is 1. The quantitative estimate of drug-likeness (QED) is 0.411. The Morgan fingerprint density at radius 2 is 1.55 bits per heavy atom. The molecular formula is C15H13Br3O2. The minimum absolute atomic E-state index is 0.499. The van der Waals surface area contributed by atoms with Crippen LogP contribution in [0, 0.1) is 0 Å². The van der Waals surface area contributed by atoms with Crippen molar-refractivity contribution < 1.29 is 9.47 Å². The van der Waals surface area contributed by atoms with Gasteiger partial charge in [-0.05, 0) is 46.3 Å². The summed E-state index contributed by atoms with van der Waals surface area (Å²) in [6.45, 7) is 1.00. The molecule has 0 saturated carbocycles. The van der Waals surface area contributed by atoms with E-state index in [-0.39, 0.29) is 0 Å². The summed E-state index contributed by atoms with van der Waals surface area (Å²) in [7, 11) is 0. The van der Waals surface area contributed by atoms with E-state index in [1.165, 1.54) is 0 Å². The van der Waals surface area contributed by atoms with Crippen LogP contribution in [0.2, 0.25) is 0 Å². The number of rotatable bonds is 6. The molecule has 0 heterocycles. The number of hydrogen-bond donors (Lipinski definition) is 0. The normalized spacial score (nSPS) is 10.3. The first-order valence-corrected chi connectivity index (χ1v) is 8.76. The summed E-state index contributed by atoms with van der Waals surface area (Å²) in [6.07, 6.45) is 0. The maximum Gasteiger partial charge on any atom is 0.137 e. The van der Waals surface area contributed by atoms with Crippen LogP contribution in [0.15, 0.2) is 51.4 Å². The van der Waals surface area contributed by atoms with E-state index in [4.69, 9.17) is 9.47 Å². The summed E-state index contributed by atoms with van der Waals surface area (Å²) in [5.41, 5.74) is 1.11. The Labute approximate surface area is 143 Å². The summed E-state index contributed by atoms with van der Waals surface area (Å²) in [4.78, 5) is 0. The SMILES string of the molecule is BrCc1cccc(Br)c1OCCOc1ccc(Br)cc1.